The van der Waals surface area contributed by atoms with Crippen molar-refractivity contribution in [3.05, 3.63) is 23.8 Å². The molecule has 0 atom stereocenters. The summed E-state index contributed by atoms with van der Waals surface area (Å²) >= 11 is 0. The molecule has 6 N–H and O–H groups in total. The number of nitrogens with two attached hydrogens (primary N) is 2. The fraction of sp³-hybridized carbons (Fsp3) is 0.556. The summed E-state index contributed by atoms with van der Waals surface area (Å²) in [6.07, 6.45) is 0. The molecule has 0 aliphatic rings. The monoisotopic (exact) mass is 386 g/mol. The third kappa shape index (κ3) is 7.45. The van der Waals surface area contributed by atoms with Crippen molar-refractivity contribution in [2.24, 2.45) is 5.73 Å². The number of carboxylic acid groups (broad SMARTS) is 2. The first-order valence-corrected chi connectivity index (χ1v) is 10.7. The summed E-state index contributed by atoms with van der Waals surface area (Å²) in [5.41, 5.74) is 15.2. The largest absolute Gasteiger partial charge is 0.541 e. The maximum absolute atomic E-state index is 8.36. The van der Waals surface area contributed by atoms with Gasteiger partial charge in [0, 0.05) is 6.54 Å². The number of hydrogen-bond acceptors (Lipinski definition) is 5. The number of anilines is 1. The number of carbonyl (C=O) groups is 2. The molecular weight excluding hydrogens is 352 g/mol. The van der Waals surface area contributed by atoms with Crippen LogP contribution in [0.5, 0.6) is 5.75 Å². The lowest BCUT2D eigenvalue weighted by atomic mass is 10.2. The van der Waals surface area contributed by atoms with Crippen LogP contribution in [0.4, 0.5) is 5.69 Å². The van der Waals surface area contributed by atoms with Crippen molar-refractivity contribution >= 4 is 26.9 Å². The predicted octanol–water partition coefficient (Wildman–Crippen LogP) is 3.68. The summed E-state index contributed by atoms with van der Waals surface area (Å²) in [5, 5.41) is 13.8. The minimum atomic E-state index is -1.96. The van der Waals surface area contributed by atoms with Crippen molar-refractivity contribution in [3.63, 3.8) is 0 Å². The predicted molar refractivity (Wildman–Crippen MR) is 108 cm³/mol. The van der Waals surface area contributed by atoms with Gasteiger partial charge in [0.2, 0.25) is 0 Å². The third-order valence-electron chi connectivity index (χ3n) is 4.31. The maximum Gasteiger partial charge on any atom is 0.290 e. The van der Waals surface area contributed by atoms with Crippen molar-refractivity contribution in [2.75, 3.05) is 5.73 Å². The fourth-order valence-corrected chi connectivity index (χ4v) is 8.60. The lowest BCUT2D eigenvalue weighted by Crippen LogP contribution is -2.50. The second-order valence-corrected chi connectivity index (χ2v) is 12.1. The lowest BCUT2D eigenvalue weighted by Gasteiger charge is -2.42. The summed E-state index contributed by atoms with van der Waals surface area (Å²) in [6, 6.07) is 5.87. The molecule has 8 heteroatoms. The van der Waals surface area contributed by atoms with Crippen molar-refractivity contribution in [2.45, 2.75) is 64.7 Å². The number of benzene rings is 1. The Morgan fingerprint density at radius 2 is 1.38 bits per heavy atom. The summed E-state index contributed by atoms with van der Waals surface area (Å²) in [6.45, 7) is 13.6. The van der Waals surface area contributed by atoms with Crippen molar-refractivity contribution in [1.29, 1.82) is 0 Å². The van der Waals surface area contributed by atoms with Crippen molar-refractivity contribution in [1.82, 2.24) is 0 Å². The van der Waals surface area contributed by atoms with E-state index in [-0.39, 0.29) is 12.9 Å². The molecule has 0 heterocycles. The summed E-state index contributed by atoms with van der Waals surface area (Å²) < 4.78 is 6.62. The summed E-state index contributed by atoms with van der Waals surface area (Å²) in [7, 11) is -1.96. The van der Waals surface area contributed by atoms with E-state index in [0.29, 0.717) is 28.9 Å². The van der Waals surface area contributed by atoms with Crippen LogP contribution in [0.1, 0.15) is 47.1 Å². The van der Waals surface area contributed by atoms with E-state index in [4.69, 9.17) is 35.7 Å². The van der Waals surface area contributed by atoms with Gasteiger partial charge in [-0.2, -0.15) is 0 Å². The molecule has 0 radical (unpaired) electrons. The van der Waals surface area contributed by atoms with E-state index < -0.39 is 8.32 Å². The molecule has 0 aliphatic heterocycles. The molecule has 1 rings (SSSR count). The van der Waals surface area contributed by atoms with Gasteiger partial charge in [-0.1, -0.05) is 47.6 Å². The first-order chi connectivity index (χ1) is 12.1. The highest BCUT2D eigenvalue weighted by atomic mass is 28.4. The van der Waals surface area contributed by atoms with E-state index in [1.807, 2.05) is 18.2 Å². The van der Waals surface area contributed by atoms with Crippen LogP contribution in [-0.2, 0) is 16.1 Å². The van der Waals surface area contributed by atoms with Crippen LogP contribution in [0.15, 0.2) is 18.2 Å². The molecule has 0 spiro atoms. The SMILES string of the molecule is CC(C)[Si](Oc1cc(CN)ccc1N)(C(C)C)C(C)C.O=CO.O=CO. The van der Waals surface area contributed by atoms with Gasteiger partial charge in [0.25, 0.3) is 21.3 Å². The van der Waals surface area contributed by atoms with E-state index in [1.54, 1.807) is 0 Å². The first-order valence-electron chi connectivity index (χ1n) is 8.51. The molecule has 0 saturated heterocycles. The highest BCUT2D eigenvalue weighted by molar-refractivity contribution is 6.78. The van der Waals surface area contributed by atoms with Gasteiger partial charge in [0.1, 0.15) is 5.75 Å². The average molecular weight is 387 g/mol. The van der Waals surface area contributed by atoms with Crippen molar-refractivity contribution < 1.29 is 24.2 Å². The van der Waals surface area contributed by atoms with Gasteiger partial charge in [-0.3, -0.25) is 9.59 Å². The molecule has 0 aromatic heterocycles. The Hall–Kier alpha value is -2.06. The minimum absolute atomic E-state index is 0.250. The van der Waals surface area contributed by atoms with Gasteiger partial charge in [-0.05, 0) is 34.3 Å². The van der Waals surface area contributed by atoms with Gasteiger partial charge in [-0.15, -0.1) is 0 Å². The molecule has 0 aliphatic carbocycles. The molecule has 7 nitrogen and oxygen atoms in total. The van der Waals surface area contributed by atoms with Crippen LogP contribution >= 0.6 is 0 Å². The van der Waals surface area contributed by atoms with Crippen LogP contribution in [-0.4, -0.2) is 31.5 Å². The Balaban J connectivity index is 0. The van der Waals surface area contributed by atoms with E-state index in [0.717, 1.165) is 11.3 Å². The summed E-state index contributed by atoms with van der Waals surface area (Å²) in [5.74, 6) is 0.815. The number of rotatable bonds is 6. The van der Waals surface area contributed by atoms with E-state index >= 15 is 0 Å². The fourth-order valence-electron chi connectivity index (χ4n) is 3.34. The molecule has 0 fully saturated rings. The highest BCUT2D eigenvalue weighted by Gasteiger charge is 2.47. The van der Waals surface area contributed by atoms with Crippen LogP contribution in [0, 0.1) is 0 Å². The van der Waals surface area contributed by atoms with Crippen LogP contribution in [0.3, 0.4) is 0 Å². The molecule has 0 saturated carbocycles. The normalized spacial score (nSPS) is 10.5. The lowest BCUT2D eigenvalue weighted by molar-refractivity contribution is -0.123. The standard InChI is InChI=1S/C16H30N2OSi.2CH2O2/c1-11(2)20(12(3)4,13(5)6)19-16-9-14(10-17)7-8-15(16)18;2*2-1-3/h7-9,11-13H,10,17-18H2,1-6H3;2*1H,(H,2,3). The first kappa shape index (κ1) is 26.2. The Morgan fingerprint density at radius 3 is 1.69 bits per heavy atom. The van der Waals surface area contributed by atoms with E-state index in [9.17, 15) is 0 Å². The molecule has 26 heavy (non-hydrogen) atoms. The Morgan fingerprint density at radius 1 is 1.00 bits per heavy atom. The van der Waals surface area contributed by atoms with E-state index in [1.165, 1.54) is 0 Å². The Bertz CT molecular complexity index is 509. The van der Waals surface area contributed by atoms with Gasteiger partial charge >= 0.3 is 0 Å². The van der Waals surface area contributed by atoms with Crippen LogP contribution in [0.25, 0.3) is 0 Å². The molecule has 0 bridgehead atoms. The molecule has 1 aromatic rings. The quantitative estimate of drug-likeness (QED) is 0.332. The molecule has 0 unspecified atom stereocenters. The molecule has 0 amide bonds. The third-order valence-corrected chi connectivity index (χ3v) is 10.3. The van der Waals surface area contributed by atoms with Crippen LogP contribution in [0.2, 0.25) is 16.6 Å². The Labute approximate surface area is 157 Å². The number of hydrogen-bond donors (Lipinski definition) is 4. The van der Waals surface area contributed by atoms with Crippen molar-refractivity contribution in [3.8, 4) is 5.75 Å². The van der Waals surface area contributed by atoms with Gasteiger partial charge < -0.3 is 26.1 Å². The Kier molecular flexibility index (Phi) is 13.3. The number of nitrogen functional groups attached to an aromatic ring is 1. The van der Waals surface area contributed by atoms with Gasteiger partial charge in [0.15, 0.2) is 0 Å². The molecule has 1 aromatic carbocycles. The zero-order valence-electron chi connectivity index (χ0n) is 16.6. The molecular formula is C18H34N2O5Si. The zero-order chi connectivity index (χ0) is 20.9. The van der Waals surface area contributed by atoms with E-state index in [2.05, 4.69) is 41.5 Å². The smallest absolute Gasteiger partial charge is 0.290 e. The van der Waals surface area contributed by atoms with Crippen LogP contribution < -0.4 is 15.9 Å². The molecule has 150 valence electrons. The van der Waals surface area contributed by atoms with Gasteiger partial charge in [-0.25, -0.2) is 0 Å². The second-order valence-electron chi connectivity index (χ2n) is 6.71. The highest BCUT2D eigenvalue weighted by Crippen LogP contribution is 2.43. The topological polar surface area (TPSA) is 136 Å². The summed E-state index contributed by atoms with van der Waals surface area (Å²) in [4.78, 5) is 16.7. The second kappa shape index (κ2) is 13.2. The minimum Gasteiger partial charge on any atom is -0.541 e. The van der Waals surface area contributed by atoms with Gasteiger partial charge in [0.05, 0.1) is 5.69 Å². The zero-order valence-corrected chi connectivity index (χ0v) is 17.6. The average Bonchev–Trinajstić information content (AvgIpc) is 2.54. The maximum atomic E-state index is 8.36.